The molecule has 0 aliphatic heterocycles. The Labute approximate surface area is 159 Å². The van der Waals surface area contributed by atoms with Gasteiger partial charge in [-0.25, -0.2) is 5.43 Å². The molecule has 0 fully saturated rings. The highest BCUT2D eigenvalue weighted by Crippen LogP contribution is 2.27. The van der Waals surface area contributed by atoms with Crippen molar-refractivity contribution in [2.24, 2.45) is 15.3 Å². The van der Waals surface area contributed by atoms with Gasteiger partial charge in [0.1, 0.15) is 11.4 Å². The lowest BCUT2D eigenvalue weighted by atomic mass is 10.2. The summed E-state index contributed by atoms with van der Waals surface area (Å²) >= 11 is 6.03. The van der Waals surface area contributed by atoms with Crippen LogP contribution in [0.3, 0.4) is 0 Å². The Balaban J connectivity index is 1.71. The molecule has 8 nitrogen and oxygen atoms in total. The van der Waals surface area contributed by atoms with Crippen LogP contribution in [-0.2, 0) is 0 Å². The summed E-state index contributed by atoms with van der Waals surface area (Å²) in [5, 5.41) is 28.9. The highest BCUT2D eigenvalue weighted by Gasteiger charge is 2.08. The van der Waals surface area contributed by atoms with E-state index in [1.54, 1.807) is 49.4 Å². The molecule has 0 bridgehead atoms. The van der Waals surface area contributed by atoms with Gasteiger partial charge in [-0.15, -0.1) is 5.11 Å². The minimum absolute atomic E-state index is 0.0136. The fourth-order valence-electron chi connectivity index (χ4n) is 2.10. The number of halogens is 1. The van der Waals surface area contributed by atoms with Gasteiger partial charge in [0.25, 0.3) is 5.91 Å². The van der Waals surface area contributed by atoms with Gasteiger partial charge in [0.2, 0.25) is 0 Å². The SMILES string of the molecule is Cc1cc(C(=O)N/N=C\c2cc(N=Nc3ccccc3Cl)ccc2O)n[nH]1. The maximum atomic E-state index is 11.9. The van der Waals surface area contributed by atoms with Crippen molar-refractivity contribution in [2.45, 2.75) is 6.92 Å². The second-order valence-electron chi connectivity index (χ2n) is 5.53. The van der Waals surface area contributed by atoms with Crippen molar-refractivity contribution in [3.05, 3.63) is 70.5 Å². The lowest BCUT2D eigenvalue weighted by Crippen LogP contribution is -2.18. The van der Waals surface area contributed by atoms with Crippen LogP contribution in [0.4, 0.5) is 11.4 Å². The molecular weight excluding hydrogens is 368 g/mol. The second-order valence-corrected chi connectivity index (χ2v) is 5.94. The normalized spacial score (nSPS) is 11.3. The van der Waals surface area contributed by atoms with Crippen molar-refractivity contribution >= 4 is 35.1 Å². The van der Waals surface area contributed by atoms with Crippen LogP contribution < -0.4 is 5.43 Å². The summed E-state index contributed by atoms with van der Waals surface area (Å²) < 4.78 is 0. The van der Waals surface area contributed by atoms with Gasteiger partial charge in [0.15, 0.2) is 5.69 Å². The van der Waals surface area contributed by atoms with Crippen LogP contribution in [0.15, 0.2) is 63.9 Å². The molecule has 0 saturated carbocycles. The maximum Gasteiger partial charge on any atom is 0.291 e. The Bertz CT molecular complexity index is 1030. The average molecular weight is 383 g/mol. The number of azo groups is 1. The minimum Gasteiger partial charge on any atom is -0.507 e. The van der Waals surface area contributed by atoms with Crippen LogP contribution in [0.5, 0.6) is 5.75 Å². The highest BCUT2D eigenvalue weighted by atomic mass is 35.5. The number of benzene rings is 2. The van der Waals surface area contributed by atoms with Gasteiger partial charge >= 0.3 is 0 Å². The molecule has 0 radical (unpaired) electrons. The van der Waals surface area contributed by atoms with E-state index in [1.165, 1.54) is 12.3 Å². The number of rotatable bonds is 5. The molecular formula is C18H15ClN6O2. The third-order valence-corrected chi connectivity index (χ3v) is 3.76. The van der Waals surface area contributed by atoms with Crippen molar-refractivity contribution in [2.75, 3.05) is 0 Å². The van der Waals surface area contributed by atoms with Crippen molar-refractivity contribution in [3.63, 3.8) is 0 Å². The van der Waals surface area contributed by atoms with Crippen LogP contribution >= 0.6 is 11.6 Å². The number of phenols is 1. The molecule has 1 heterocycles. The fourth-order valence-corrected chi connectivity index (χ4v) is 2.28. The van der Waals surface area contributed by atoms with Crippen molar-refractivity contribution in [3.8, 4) is 5.75 Å². The lowest BCUT2D eigenvalue weighted by Gasteiger charge is -2.01. The Hall–Kier alpha value is -3.52. The number of aryl methyl sites for hydroxylation is 1. The highest BCUT2D eigenvalue weighted by molar-refractivity contribution is 6.32. The standard InChI is InChI=1S/C18H15ClN6O2/c1-11-8-16(24-21-11)18(27)25-20-10-12-9-13(6-7-17(12)26)22-23-15-5-3-2-4-14(15)19/h2-10,26H,1H3,(H,21,24)(H,25,27)/b20-10-,23-22?. The third-order valence-electron chi connectivity index (χ3n) is 3.45. The number of aromatic amines is 1. The third kappa shape index (κ3) is 4.77. The van der Waals surface area contributed by atoms with Crippen LogP contribution in [0.2, 0.25) is 5.02 Å². The number of H-pyrrole nitrogens is 1. The predicted octanol–water partition coefficient (Wildman–Crippen LogP) is 4.26. The Morgan fingerprint density at radius 1 is 1.22 bits per heavy atom. The fraction of sp³-hybridized carbons (Fsp3) is 0.0556. The number of phenolic OH excluding ortho intramolecular Hbond substituents is 1. The zero-order chi connectivity index (χ0) is 19.2. The minimum atomic E-state index is -0.468. The quantitative estimate of drug-likeness (QED) is 0.348. The number of hydrazone groups is 1. The number of carbonyl (C=O) groups is 1. The van der Waals surface area contributed by atoms with E-state index in [0.29, 0.717) is 22.0 Å². The first kappa shape index (κ1) is 18.3. The number of hydrogen-bond donors (Lipinski definition) is 3. The summed E-state index contributed by atoms with van der Waals surface area (Å²) in [7, 11) is 0. The smallest absolute Gasteiger partial charge is 0.291 e. The summed E-state index contributed by atoms with van der Waals surface area (Å²) in [6.45, 7) is 1.79. The van der Waals surface area contributed by atoms with Crippen LogP contribution in [0.1, 0.15) is 21.7 Å². The Morgan fingerprint density at radius 2 is 2.04 bits per heavy atom. The molecule has 3 aromatic rings. The molecule has 0 aliphatic carbocycles. The molecule has 1 amide bonds. The molecule has 27 heavy (non-hydrogen) atoms. The van der Waals surface area contributed by atoms with Crippen LogP contribution in [0.25, 0.3) is 0 Å². The Morgan fingerprint density at radius 3 is 2.78 bits per heavy atom. The number of aromatic nitrogens is 2. The predicted molar refractivity (Wildman–Crippen MR) is 102 cm³/mol. The maximum absolute atomic E-state index is 11.9. The first-order chi connectivity index (χ1) is 13.0. The zero-order valence-corrected chi connectivity index (χ0v) is 15.0. The van der Waals surface area contributed by atoms with Crippen molar-refractivity contribution in [1.82, 2.24) is 15.6 Å². The molecule has 0 aliphatic rings. The van der Waals surface area contributed by atoms with Crippen molar-refractivity contribution < 1.29 is 9.90 Å². The molecule has 2 aromatic carbocycles. The topological polar surface area (TPSA) is 115 Å². The number of nitrogens with zero attached hydrogens (tertiary/aromatic N) is 4. The van der Waals surface area contributed by atoms with Crippen LogP contribution in [-0.4, -0.2) is 27.4 Å². The molecule has 1 aromatic heterocycles. The van der Waals surface area contributed by atoms with E-state index in [4.69, 9.17) is 11.6 Å². The van der Waals surface area contributed by atoms with Gasteiger partial charge in [0.05, 0.1) is 16.9 Å². The van der Waals surface area contributed by atoms with Crippen molar-refractivity contribution in [1.29, 1.82) is 0 Å². The van der Waals surface area contributed by atoms with Gasteiger partial charge in [-0.3, -0.25) is 9.89 Å². The van der Waals surface area contributed by atoms with Crippen LogP contribution in [0, 0.1) is 6.92 Å². The van der Waals surface area contributed by atoms with Gasteiger partial charge in [0, 0.05) is 11.3 Å². The largest absolute Gasteiger partial charge is 0.507 e. The summed E-state index contributed by atoms with van der Waals surface area (Å²) in [6, 6.07) is 13.3. The summed E-state index contributed by atoms with van der Waals surface area (Å²) in [6.07, 6.45) is 1.31. The molecule has 0 unspecified atom stereocenters. The van der Waals surface area contributed by atoms with E-state index in [9.17, 15) is 9.90 Å². The number of carbonyl (C=O) groups excluding carboxylic acids is 1. The monoisotopic (exact) mass is 382 g/mol. The van der Waals surface area contributed by atoms with Gasteiger partial charge in [-0.2, -0.15) is 15.3 Å². The first-order valence-electron chi connectivity index (χ1n) is 7.87. The average Bonchev–Trinajstić information content (AvgIpc) is 3.09. The van der Waals surface area contributed by atoms with E-state index in [2.05, 4.69) is 31.0 Å². The Kier molecular flexibility index (Phi) is 5.58. The molecule has 0 spiro atoms. The van der Waals surface area contributed by atoms with E-state index in [-0.39, 0.29) is 11.4 Å². The van der Waals surface area contributed by atoms with E-state index in [0.717, 1.165) is 5.69 Å². The number of nitrogens with one attached hydrogen (secondary N) is 2. The summed E-state index contributed by atoms with van der Waals surface area (Å²) in [4.78, 5) is 11.9. The molecule has 3 N–H and O–H groups in total. The van der Waals surface area contributed by atoms with Gasteiger partial charge in [-0.05, 0) is 43.3 Å². The van der Waals surface area contributed by atoms with E-state index >= 15 is 0 Å². The number of aromatic hydroxyl groups is 1. The first-order valence-corrected chi connectivity index (χ1v) is 8.25. The lowest BCUT2D eigenvalue weighted by molar-refractivity contribution is 0.0950. The summed E-state index contributed by atoms with van der Waals surface area (Å²) in [5.74, 6) is -0.482. The number of amides is 1. The molecule has 9 heteroatoms. The second kappa shape index (κ2) is 8.24. The molecule has 0 saturated heterocycles. The summed E-state index contributed by atoms with van der Waals surface area (Å²) in [5.41, 5.74) is 4.70. The molecule has 3 rings (SSSR count). The number of hydrogen-bond acceptors (Lipinski definition) is 6. The zero-order valence-electron chi connectivity index (χ0n) is 14.2. The van der Waals surface area contributed by atoms with E-state index in [1.807, 2.05) is 0 Å². The van der Waals surface area contributed by atoms with E-state index < -0.39 is 5.91 Å². The van der Waals surface area contributed by atoms with Gasteiger partial charge < -0.3 is 5.11 Å². The van der Waals surface area contributed by atoms with Gasteiger partial charge in [-0.1, -0.05) is 23.7 Å². The molecule has 0 atom stereocenters. The molecule has 136 valence electrons.